The molecule has 0 fully saturated rings. The number of H-pyrrole nitrogens is 1. The molecule has 15 heavy (non-hydrogen) atoms. The summed E-state index contributed by atoms with van der Waals surface area (Å²) in [5.74, 6) is -0.403. The lowest BCUT2D eigenvalue weighted by atomic mass is 10.1. The number of oxazole rings is 1. The highest BCUT2D eigenvalue weighted by atomic mass is 16.4. The molecule has 0 aliphatic rings. The minimum atomic E-state index is -0.403. The van der Waals surface area contributed by atoms with Gasteiger partial charge in [-0.2, -0.15) is 0 Å². The van der Waals surface area contributed by atoms with Gasteiger partial charge in [0.2, 0.25) is 0 Å². The third-order valence-electron chi connectivity index (χ3n) is 2.70. The number of nitrogens with zero attached hydrogens (tertiary/aromatic N) is 1. The predicted octanol–water partition coefficient (Wildman–Crippen LogP) is 1.74. The number of hydrogen-bond donors (Lipinski definition) is 1. The topological polar surface area (TPSA) is 49.2 Å². The van der Waals surface area contributed by atoms with Crippen LogP contribution in [0.3, 0.4) is 0 Å². The van der Waals surface area contributed by atoms with Crippen LogP contribution in [0.4, 0.5) is 0 Å². The summed E-state index contributed by atoms with van der Waals surface area (Å²) < 4.78 is 5.01. The fourth-order valence-electron chi connectivity index (χ4n) is 1.52. The predicted molar refractivity (Wildman–Crippen MR) is 58.9 cm³/mol. The van der Waals surface area contributed by atoms with E-state index >= 15 is 0 Å². The summed E-state index contributed by atoms with van der Waals surface area (Å²) in [7, 11) is 4.03. The lowest BCUT2D eigenvalue weighted by Gasteiger charge is -2.19. The Hall–Kier alpha value is -1.55. The molecular weight excluding hydrogens is 192 g/mol. The number of fused-ring (bicyclic) bond motifs is 1. The van der Waals surface area contributed by atoms with E-state index in [9.17, 15) is 4.79 Å². The zero-order chi connectivity index (χ0) is 11.0. The normalized spacial score (nSPS) is 13.6. The minimum absolute atomic E-state index is 0.301. The standard InChI is InChI=1S/C11H14N2O2/c1-7(13(2)3)8-4-5-9-10(6-8)15-11(14)12-9/h4-7H,1-3H3,(H,12,14). The molecule has 0 spiro atoms. The largest absolute Gasteiger partial charge is 0.417 e. The monoisotopic (exact) mass is 206 g/mol. The molecule has 2 rings (SSSR count). The number of rotatable bonds is 2. The third-order valence-corrected chi connectivity index (χ3v) is 2.70. The van der Waals surface area contributed by atoms with Crippen LogP contribution in [0.1, 0.15) is 18.5 Å². The number of aromatic nitrogens is 1. The lowest BCUT2D eigenvalue weighted by molar-refractivity contribution is 0.321. The number of hydrogen-bond acceptors (Lipinski definition) is 3. The molecule has 1 heterocycles. The van der Waals surface area contributed by atoms with E-state index in [4.69, 9.17) is 4.42 Å². The van der Waals surface area contributed by atoms with E-state index in [2.05, 4.69) is 16.8 Å². The highest BCUT2D eigenvalue weighted by Crippen LogP contribution is 2.21. The molecule has 0 saturated heterocycles. The van der Waals surface area contributed by atoms with Gasteiger partial charge < -0.3 is 9.32 Å². The van der Waals surface area contributed by atoms with Crippen molar-refractivity contribution in [1.29, 1.82) is 0 Å². The highest BCUT2D eigenvalue weighted by molar-refractivity contribution is 5.72. The van der Waals surface area contributed by atoms with Gasteiger partial charge in [-0.15, -0.1) is 0 Å². The van der Waals surface area contributed by atoms with Gasteiger partial charge in [0.25, 0.3) is 0 Å². The first-order chi connectivity index (χ1) is 7.08. The van der Waals surface area contributed by atoms with Crippen LogP contribution >= 0.6 is 0 Å². The Labute approximate surface area is 87.5 Å². The first-order valence-electron chi connectivity index (χ1n) is 4.87. The van der Waals surface area contributed by atoms with E-state index in [-0.39, 0.29) is 0 Å². The number of nitrogens with one attached hydrogen (secondary N) is 1. The molecule has 4 nitrogen and oxygen atoms in total. The van der Waals surface area contributed by atoms with Gasteiger partial charge in [0.15, 0.2) is 5.58 Å². The lowest BCUT2D eigenvalue weighted by Crippen LogP contribution is -2.16. The third kappa shape index (κ3) is 1.80. The molecule has 1 aromatic heterocycles. The maximum Gasteiger partial charge on any atom is 0.417 e. The van der Waals surface area contributed by atoms with Crippen molar-refractivity contribution < 1.29 is 4.42 Å². The SMILES string of the molecule is CC(c1ccc2[nH]c(=O)oc2c1)N(C)C. The second kappa shape index (κ2) is 3.55. The molecule has 0 radical (unpaired) electrons. The maximum atomic E-state index is 11.0. The van der Waals surface area contributed by atoms with Gasteiger partial charge in [-0.25, -0.2) is 4.79 Å². The van der Waals surface area contributed by atoms with Crippen LogP contribution in [0, 0.1) is 0 Å². The fourth-order valence-corrected chi connectivity index (χ4v) is 1.52. The summed E-state index contributed by atoms with van der Waals surface area (Å²) in [6.07, 6.45) is 0. The van der Waals surface area contributed by atoms with E-state index in [1.54, 1.807) is 0 Å². The van der Waals surface area contributed by atoms with Crippen LogP contribution in [0.5, 0.6) is 0 Å². The molecule has 1 unspecified atom stereocenters. The highest BCUT2D eigenvalue weighted by Gasteiger charge is 2.09. The second-order valence-corrected chi connectivity index (χ2v) is 3.91. The maximum absolute atomic E-state index is 11.0. The van der Waals surface area contributed by atoms with E-state index < -0.39 is 5.76 Å². The summed E-state index contributed by atoms with van der Waals surface area (Å²) >= 11 is 0. The van der Waals surface area contributed by atoms with Gasteiger partial charge in [-0.1, -0.05) is 6.07 Å². The van der Waals surface area contributed by atoms with Gasteiger partial charge in [0.1, 0.15) is 0 Å². The van der Waals surface area contributed by atoms with Crippen LogP contribution in [-0.2, 0) is 0 Å². The Morgan fingerprint density at radius 2 is 2.13 bits per heavy atom. The van der Waals surface area contributed by atoms with E-state index in [0.29, 0.717) is 11.6 Å². The summed E-state index contributed by atoms with van der Waals surface area (Å²) in [5.41, 5.74) is 2.50. The van der Waals surface area contributed by atoms with Gasteiger partial charge in [0, 0.05) is 6.04 Å². The van der Waals surface area contributed by atoms with Crippen molar-refractivity contribution in [3.63, 3.8) is 0 Å². The first kappa shape index (κ1) is 9.98. The summed E-state index contributed by atoms with van der Waals surface area (Å²) in [6.45, 7) is 2.10. The molecule has 0 bridgehead atoms. The van der Waals surface area contributed by atoms with E-state index in [1.807, 2.05) is 32.3 Å². The molecule has 1 aromatic carbocycles. The average Bonchev–Trinajstić information content (AvgIpc) is 2.55. The molecule has 2 aromatic rings. The number of benzene rings is 1. The van der Waals surface area contributed by atoms with Crippen molar-refractivity contribution >= 4 is 11.1 Å². The van der Waals surface area contributed by atoms with Gasteiger partial charge in [0.05, 0.1) is 5.52 Å². The van der Waals surface area contributed by atoms with Crippen LogP contribution in [0.15, 0.2) is 27.4 Å². The Bertz CT molecular complexity index is 525. The van der Waals surface area contributed by atoms with Crippen LogP contribution in [-0.4, -0.2) is 24.0 Å². The molecule has 80 valence electrons. The van der Waals surface area contributed by atoms with Crippen LogP contribution in [0.25, 0.3) is 11.1 Å². The van der Waals surface area contributed by atoms with Crippen LogP contribution < -0.4 is 5.76 Å². The summed E-state index contributed by atoms with van der Waals surface area (Å²) in [4.78, 5) is 15.7. The quantitative estimate of drug-likeness (QED) is 0.814. The second-order valence-electron chi connectivity index (χ2n) is 3.91. The van der Waals surface area contributed by atoms with Crippen molar-refractivity contribution in [2.45, 2.75) is 13.0 Å². The zero-order valence-electron chi connectivity index (χ0n) is 9.07. The Morgan fingerprint density at radius 1 is 1.40 bits per heavy atom. The molecular formula is C11H14N2O2. The van der Waals surface area contributed by atoms with Crippen molar-refractivity contribution in [3.8, 4) is 0 Å². The van der Waals surface area contributed by atoms with Gasteiger partial charge >= 0.3 is 5.76 Å². The smallest absolute Gasteiger partial charge is 0.408 e. The summed E-state index contributed by atoms with van der Waals surface area (Å²) in [6, 6.07) is 6.07. The first-order valence-corrected chi connectivity index (χ1v) is 4.87. The molecule has 0 aliphatic carbocycles. The molecule has 1 atom stereocenters. The van der Waals surface area contributed by atoms with Gasteiger partial charge in [-0.3, -0.25) is 4.98 Å². The molecule has 1 N–H and O–H groups in total. The Morgan fingerprint density at radius 3 is 2.80 bits per heavy atom. The Balaban J connectivity index is 2.50. The van der Waals surface area contributed by atoms with Crippen molar-refractivity contribution in [2.24, 2.45) is 0 Å². The summed E-state index contributed by atoms with van der Waals surface area (Å²) in [5, 5.41) is 0. The molecule has 4 heteroatoms. The average molecular weight is 206 g/mol. The van der Waals surface area contributed by atoms with Crippen molar-refractivity contribution in [2.75, 3.05) is 14.1 Å². The van der Waals surface area contributed by atoms with Crippen molar-refractivity contribution in [3.05, 3.63) is 34.3 Å². The fraction of sp³-hybridized carbons (Fsp3) is 0.364. The van der Waals surface area contributed by atoms with Crippen LogP contribution in [0.2, 0.25) is 0 Å². The zero-order valence-corrected chi connectivity index (χ0v) is 9.07. The molecule has 0 aliphatic heterocycles. The number of aromatic amines is 1. The van der Waals surface area contributed by atoms with Gasteiger partial charge in [-0.05, 0) is 38.7 Å². The van der Waals surface area contributed by atoms with E-state index in [0.717, 1.165) is 11.1 Å². The van der Waals surface area contributed by atoms with E-state index in [1.165, 1.54) is 0 Å². The van der Waals surface area contributed by atoms with Crippen molar-refractivity contribution in [1.82, 2.24) is 9.88 Å². The molecule has 0 amide bonds. The minimum Gasteiger partial charge on any atom is -0.408 e. The molecule has 0 saturated carbocycles. The Kier molecular flexibility index (Phi) is 2.36.